The number of thiophene rings is 3. The van der Waals surface area contributed by atoms with Crippen molar-refractivity contribution in [2.75, 3.05) is 0 Å². The summed E-state index contributed by atoms with van der Waals surface area (Å²) in [4.78, 5) is 32.2. The Hall–Kier alpha value is -18.4. The average Bonchev–Trinajstić information content (AvgIpc) is 1.54. The molecule has 12 nitrogen and oxygen atoms in total. The minimum absolute atomic E-state index is 0.575. The zero-order chi connectivity index (χ0) is 93.3. The molecule has 0 aliphatic rings. The lowest BCUT2D eigenvalue weighted by molar-refractivity contribution is 0.651. The molecule has 33 rings (SSSR count). The number of furan rings is 3. The van der Waals surface area contributed by atoms with E-state index in [1.807, 2.05) is 94.7 Å². The lowest BCUT2D eigenvalue weighted by Gasteiger charge is -2.12. The molecule has 0 fully saturated rings. The summed E-state index contributed by atoms with van der Waals surface area (Å²) < 4.78 is 34.1. The van der Waals surface area contributed by atoms with Gasteiger partial charge in [-0.1, -0.05) is 370 Å². The molecule has 0 N–H and O–H groups in total. The number of benzene rings is 21. The maximum Gasteiger partial charge on any atom is 0.238 e. The van der Waals surface area contributed by atoms with Crippen LogP contribution in [0.1, 0.15) is 0 Å². The van der Waals surface area contributed by atoms with Crippen LogP contribution in [0.3, 0.4) is 0 Å². The van der Waals surface area contributed by atoms with Crippen LogP contribution in [0.15, 0.2) is 444 Å². The molecule has 0 radical (unpaired) electrons. The summed E-state index contributed by atoms with van der Waals surface area (Å²) >= 11 is 5.61. The third kappa shape index (κ3) is 11.9. The van der Waals surface area contributed by atoms with Crippen molar-refractivity contribution in [2.45, 2.75) is 0 Å². The Kier molecular flexibility index (Phi) is 17.3. The first-order valence-electron chi connectivity index (χ1n) is 47.9. The summed E-state index contributed by atoms with van der Waals surface area (Å²) in [6, 6.07) is 152. The van der Waals surface area contributed by atoms with Crippen molar-refractivity contribution in [3.05, 3.63) is 431 Å². The van der Waals surface area contributed by atoms with E-state index in [-0.39, 0.29) is 0 Å². The second-order valence-corrected chi connectivity index (χ2v) is 39.9. The van der Waals surface area contributed by atoms with Crippen molar-refractivity contribution in [3.63, 3.8) is 0 Å². The number of rotatable bonds is 7. The quantitative estimate of drug-likeness (QED) is 0.153. The largest absolute Gasteiger partial charge is 0.437 e. The monoisotopic (exact) mass is 1880 g/mol. The van der Waals surface area contributed by atoms with Crippen molar-refractivity contribution >= 4 is 280 Å². The Balaban J connectivity index is 0.0000000981. The smallest absolute Gasteiger partial charge is 0.238 e. The Morgan fingerprint density at radius 1 is 0.182 bits per heavy atom. The van der Waals surface area contributed by atoms with Crippen LogP contribution < -0.4 is 0 Å². The van der Waals surface area contributed by atoms with Gasteiger partial charge in [0, 0.05) is 158 Å². The van der Waals surface area contributed by atoms with Crippen molar-refractivity contribution in [2.24, 2.45) is 0 Å². The van der Waals surface area contributed by atoms with E-state index in [4.69, 9.17) is 43.2 Å². The van der Waals surface area contributed by atoms with E-state index >= 15 is 0 Å². The van der Waals surface area contributed by atoms with E-state index in [0.29, 0.717) is 35.0 Å². The maximum absolute atomic E-state index is 6.53. The predicted molar refractivity (Wildman–Crippen MR) is 599 cm³/mol. The lowest BCUT2D eigenvalue weighted by atomic mass is 9.99. The molecule has 0 aliphatic heterocycles. The molecule has 15 heteroatoms. The fraction of sp³-hybridized carbons (Fsp3) is 0. The van der Waals surface area contributed by atoms with Crippen molar-refractivity contribution in [1.29, 1.82) is 0 Å². The van der Waals surface area contributed by atoms with E-state index in [2.05, 4.69) is 384 Å². The first-order chi connectivity index (χ1) is 71.0. The van der Waals surface area contributed by atoms with Gasteiger partial charge >= 0.3 is 0 Å². The Morgan fingerprint density at radius 2 is 0.483 bits per heavy atom. The molecule has 0 amide bonds. The van der Waals surface area contributed by atoms with E-state index in [1.165, 1.54) is 147 Å². The van der Waals surface area contributed by atoms with Gasteiger partial charge in [0.2, 0.25) is 35.0 Å². The zero-order valence-electron chi connectivity index (χ0n) is 76.0. The topological polar surface area (TPSA) is 132 Å². The summed E-state index contributed by atoms with van der Waals surface area (Å²) in [6.07, 6.45) is 0. The van der Waals surface area contributed by atoms with Gasteiger partial charge in [0.15, 0.2) is 0 Å². The fourth-order valence-electron chi connectivity index (χ4n) is 22.9. The highest BCUT2D eigenvalue weighted by Gasteiger charge is 2.32. The first-order valence-corrected chi connectivity index (χ1v) is 50.4. The molecule has 12 heterocycles. The highest BCUT2D eigenvalue weighted by Crippen LogP contribution is 2.54. The average molecular weight is 1880 g/mol. The highest BCUT2D eigenvalue weighted by molar-refractivity contribution is 7.28. The summed E-state index contributed by atoms with van der Waals surface area (Å²) in [5, 5.41) is 32.6. The number of hydrogen-bond donors (Lipinski definition) is 0. The van der Waals surface area contributed by atoms with Crippen LogP contribution in [0.4, 0.5) is 0 Å². The van der Waals surface area contributed by atoms with Crippen LogP contribution in [0.25, 0.3) is 309 Å². The second-order valence-electron chi connectivity index (χ2n) is 36.8. The second kappa shape index (κ2) is 31.1. The van der Waals surface area contributed by atoms with Crippen molar-refractivity contribution < 1.29 is 13.3 Å². The minimum Gasteiger partial charge on any atom is -0.437 e. The van der Waals surface area contributed by atoms with Gasteiger partial charge in [0.05, 0.1) is 66.3 Å². The number of hydrogen-bond acceptors (Lipinski definition) is 12. The third-order valence-corrected chi connectivity index (χ3v) is 32.7. The van der Waals surface area contributed by atoms with Crippen molar-refractivity contribution in [3.8, 4) is 62.7 Å². The van der Waals surface area contributed by atoms with Gasteiger partial charge in [0.1, 0.15) is 16.7 Å². The van der Waals surface area contributed by atoms with Crippen LogP contribution in [0.2, 0.25) is 0 Å². The molecular formula is C128H71N9O3S3. The molecule has 143 heavy (non-hydrogen) atoms. The molecular weight excluding hydrogens is 1810 g/mol. The number of nitrogens with zero attached hydrogens (tertiary/aromatic N) is 9. The third-order valence-electron chi connectivity index (χ3n) is 29.1. The minimum atomic E-state index is 0.575. The molecule has 12 aromatic heterocycles. The lowest BCUT2D eigenvalue weighted by Crippen LogP contribution is -2.03. The molecule has 33 aromatic rings. The Morgan fingerprint density at radius 3 is 0.916 bits per heavy atom. The van der Waals surface area contributed by atoms with Crippen LogP contribution in [0, 0.1) is 0 Å². The SMILES string of the molecule is c1ccc(-c2ccc(-c3nc(-n4c5ccccc5c5c6c7ccccc7sc6c6ccccc6c54)nc4oc5ccccc5c34)cc2)cc1.c1ccc2c(-c3nc(-n4c5ccccc5c5c6c7ccccc7sc6c6ccccc6c54)nc4oc5ccccc5c34)cccc2c1.c1ccc2cc(-c3nc(-n4c5ccccc5c5c6c7ccccc7sc6c6ccccc6c54)nc4oc5ccccc5c34)ccc2c1. The molecule has 0 saturated heterocycles. The Labute approximate surface area is 824 Å². The predicted octanol–water partition coefficient (Wildman–Crippen LogP) is 36.0. The molecule has 0 unspecified atom stereocenters. The molecule has 664 valence electrons. The summed E-state index contributed by atoms with van der Waals surface area (Å²) in [6.45, 7) is 0. The van der Waals surface area contributed by atoms with Crippen LogP contribution in [0.5, 0.6) is 0 Å². The van der Waals surface area contributed by atoms with Gasteiger partial charge in [-0.25, -0.2) is 15.0 Å². The van der Waals surface area contributed by atoms with E-state index in [0.717, 1.165) is 127 Å². The maximum atomic E-state index is 6.53. The van der Waals surface area contributed by atoms with Gasteiger partial charge in [-0.3, -0.25) is 13.7 Å². The zero-order valence-corrected chi connectivity index (χ0v) is 78.4. The Bertz CT molecular complexity index is 11300. The molecule has 0 saturated carbocycles. The van der Waals surface area contributed by atoms with Gasteiger partial charge in [-0.2, -0.15) is 15.0 Å². The summed E-state index contributed by atoms with van der Waals surface area (Å²) in [5.41, 5.74) is 18.7. The van der Waals surface area contributed by atoms with Crippen LogP contribution in [-0.4, -0.2) is 43.6 Å². The van der Waals surface area contributed by atoms with Gasteiger partial charge < -0.3 is 13.3 Å². The van der Waals surface area contributed by atoms with E-state index in [9.17, 15) is 0 Å². The fourth-order valence-corrected chi connectivity index (χ4v) is 26.7. The normalized spacial score (nSPS) is 12.2. The first kappa shape index (κ1) is 79.7. The van der Waals surface area contributed by atoms with Crippen LogP contribution >= 0.6 is 34.0 Å². The standard InChI is InChI=1S/C44H25N3OS.2C42H23N3OS/c1-2-12-26(13-3-1)27-22-24-28(25-23-27)40-39-32-17-7-10-20-35(32)48-43(39)46-44(45-40)47-34-19-9-6-16-31(34)37-38-33-18-8-11-21-36(33)49-42(38)30-15-5-4-14-29(30)41(37)47;1-2-14-25-24(12-1)13-11-20-26(25)38-37-30-18-6-9-22-33(30)46-41(37)44-42(43-38)45-32-21-8-5-17-29(32)35-36-31-19-7-10-23-34(31)47-40(36)28-16-4-3-15-27(28)39(35)45;1-2-12-25-23-26(22-21-24(25)11-1)38-37-30-16-6-9-19-33(30)46-41(37)44-42(43-38)45-32-18-8-5-15-29(32)35-36-31-17-7-10-20-34(31)47-40(36)28-14-4-3-13-27(28)39(35)45/h1-25H;2*1-23H. The number of para-hydroxylation sites is 6. The van der Waals surface area contributed by atoms with Crippen molar-refractivity contribution in [1.82, 2.24) is 43.6 Å². The summed E-state index contributed by atoms with van der Waals surface area (Å²) in [5.74, 6) is 1.77. The van der Waals surface area contributed by atoms with E-state index < -0.39 is 0 Å². The molecule has 0 spiro atoms. The van der Waals surface area contributed by atoms with Crippen LogP contribution in [-0.2, 0) is 0 Å². The van der Waals surface area contributed by atoms with Gasteiger partial charge in [-0.05, 0) is 93.3 Å². The highest BCUT2D eigenvalue weighted by atomic mass is 32.1. The van der Waals surface area contributed by atoms with E-state index in [1.54, 1.807) is 0 Å². The van der Waals surface area contributed by atoms with Gasteiger partial charge in [-0.15, -0.1) is 34.0 Å². The molecule has 0 aliphatic carbocycles. The van der Waals surface area contributed by atoms with Gasteiger partial charge in [0.25, 0.3) is 0 Å². The number of aromatic nitrogens is 9. The number of fused-ring (bicyclic) bond motifs is 41. The molecule has 0 atom stereocenters. The molecule has 0 bridgehead atoms. The summed E-state index contributed by atoms with van der Waals surface area (Å²) in [7, 11) is 0. The molecule has 21 aromatic carbocycles.